The molecule has 62 heavy (non-hydrogen) atoms. The lowest BCUT2D eigenvalue weighted by Gasteiger charge is -2.30. The third kappa shape index (κ3) is 5.04. The number of nitrogens with zero attached hydrogens (tertiary/aromatic N) is 3. The Labute approximate surface area is 358 Å². The summed E-state index contributed by atoms with van der Waals surface area (Å²) in [4.78, 5) is 15.4. The number of fused-ring (bicyclic) bond motifs is 13. The zero-order valence-electron chi connectivity index (χ0n) is 33.5. The van der Waals surface area contributed by atoms with Crippen LogP contribution in [-0.4, -0.2) is 15.0 Å². The van der Waals surface area contributed by atoms with E-state index in [1.165, 1.54) is 50.1 Å². The van der Waals surface area contributed by atoms with E-state index < -0.39 is 0 Å². The fraction of sp³-hybridized carbons (Fsp3) is 0.0172. The van der Waals surface area contributed by atoms with Crippen molar-refractivity contribution in [3.05, 3.63) is 235 Å². The number of rotatable bonds is 5. The summed E-state index contributed by atoms with van der Waals surface area (Å²) in [5.74, 6) is 1.85. The molecule has 0 N–H and O–H groups in total. The number of benzene rings is 9. The van der Waals surface area contributed by atoms with Crippen LogP contribution in [0.25, 0.3) is 101 Å². The van der Waals surface area contributed by atoms with Gasteiger partial charge in [0.1, 0.15) is 11.2 Å². The number of hydrogen-bond donors (Lipinski definition) is 0. The fourth-order valence-corrected chi connectivity index (χ4v) is 10.3. The standard InChI is InChI=1S/C58H35N3O/c1-2-14-38(15-3-1)55-59-56(40-31-33-54-48(34-40)46-20-9-13-25-53(46)62-54)61-57(60-55)47-21-5-4-16-41(47)37-28-26-36(27-29-37)39-30-32-45-44-19-8-12-24-51(44)58(52(45)35-39)49-22-10-6-17-42(49)43-18-7-11-23-50(43)58/h1-35H. The molecule has 2 aliphatic rings. The molecule has 2 heterocycles. The second-order valence-electron chi connectivity index (χ2n) is 16.3. The average Bonchev–Trinajstić information content (AvgIpc) is 3.98. The van der Waals surface area contributed by atoms with Gasteiger partial charge in [0.2, 0.25) is 0 Å². The molecule has 4 heteroatoms. The molecule has 13 rings (SSSR count). The summed E-state index contributed by atoms with van der Waals surface area (Å²) < 4.78 is 6.16. The van der Waals surface area contributed by atoms with Crippen LogP contribution in [0.2, 0.25) is 0 Å². The maximum atomic E-state index is 6.16. The van der Waals surface area contributed by atoms with Crippen molar-refractivity contribution in [2.24, 2.45) is 0 Å². The van der Waals surface area contributed by atoms with E-state index in [0.717, 1.165) is 55.3 Å². The van der Waals surface area contributed by atoms with Crippen LogP contribution in [0.5, 0.6) is 0 Å². The van der Waals surface area contributed by atoms with Gasteiger partial charge in [-0.05, 0) is 97.1 Å². The van der Waals surface area contributed by atoms with Crippen molar-refractivity contribution in [3.8, 4) is 78.7 Å². The van der Waals surface area contributed by atoms with E-state index in [2.05, 4.69) is 152 Å². The van der Waals surface area contributed by atoms with Crippen molar-refractivity contribution < 1.29 is 4.42 Å². The molecule has 0 radical (unpaired) electrons. The first kappa shape index (κ1) is 34.6. The van der Waals surface area contributed by atoms with Crippen molar-refractivity contribution in [1.29, 1.82) is 0 Å². The molecule has 0 saturated carbocycles. The van der Waals surface area contributed by atoms with Crippen LogP contribution in [0.4, 0.5) is 0 Å². The summed E-state index contributed by atoms with van der Waals surface area (Å²) in [6.07, 6.45) is 0. The van der Waals surface area contributed by atoms with Gasteiger partial charge < -0.3 is 4.42 Å². The van der Waals surface area contributed by atoms with Gasteiger partial charge in [-0.1, -0.05) is 182 Å². The molecule has 9 aromatic carbocycles. The molecule has 0 unspecified atom stereocenters. The molecule has 0 atom stereocenters. The first-order valence-electron chi connectivity index (χ1n) is 21.1. The normalized spacial score (nSPS) is 13.0. The van der Waals surface area contributed by atoms with Gasteiger partial charge in [-0.25, -0.2) is 15.0 Å². The molecule has 4 nitrogen and oxygen atoms in total. The molecule has 2 aromatic heterocycles. The first-order chi connectivity index (χ1) is 30.7. The van der Waals surface area contributed by atoms with Gasteiger partial charge in [0.05, 0.1) is 5.41 Å². The minimum atomic E-state index is -0.381. The SMILES string of the molecule is c1ccc(-c2nc(-c3ccc4oc5ccccc5c4c3)nc(-c3ccccc3-c3ccc(-c4ccc5c(c4)C4(c6ccccc6-c6ccccc64)c4ccccc4-5)cc3)n2)cc1. The van der Waals surface area contributed by atoms with E-state index in [1.807, 2.05) is 60.7 Å². The Morgan fingerprint density at radius 2 is 0.758 bits per heavy atom. The van der Waals surface area contributed by atoms with Crippen LogP contribution in [0, 0.1) is 0 Å². The minimum absolute atomic E-state index is 0.381. The van der Waals surface area contributed by atoms with Gasteiger partial charge in [-0.3, -0.25) is 0 Å². The smallest absolute Gasteiger partial charge is 0.164 e. The van der Waals surface area contributed by atoms with E-state index in [0.29, 0.717) is 17.5 Å². The van der Waals surface area contributed by atoms with Gasteiger partial charge in [-0.2, -0.15) is 0 Å². The molecule has 0 bridgehead atoms. The Hall–Kier alpha value is -8.21. The second-order valence-corrected chi connectivity index (χ2v) is 16.3. The van der Waals surface area contributed by atoms with Crippen LogP contribution in [-0.2, 0) is 5.41 Å². The average molecular weight is 790 g/mol. The van der Waals surface area contributed by atoms with E-state index in [4.69, 9.17) is 19.4 Å². The lowest BCUT2D eigenvalue weighted by molar-refractivity contribution is 0.669. The van der Waals surface area contributed by atoms with Crippen LogP contribution in [0.15, 0.2) is 217 Å². The Morgan fingerprint density at radius 3 is 1.45 bits per heavy atom. The topological polar surface area (TPSA) is 51.8 Å². The van der Waals surface area contributed by atoms with Gasteiger partial charge >= 0.3 is 0 Å². The van der Waals surface area contributed by atoms with Crippen molar-refractivity contribution in [3.63, 3.8) is 0 Å². The van der Waals surface area contributed by atoms with Crippen molar-refractivity contribution in [2.45, 2.75) is 5.41 Å². The second kappa shape index (κ2) is 13.4. The maximum absolute atomic E-state index is 6.16. The summed E-state index contributed by atoms with van der Waals surface area (Å²) in [5, 5.41) is 2.09. The highest BCUT2D eigenvalue weighted by Gasteiger charge is 2.51. The Bertz CT molecular complexity index is 3520. The van der Waals surface area contributed by atoms with Crippen LogP contribution < -0.4 is 0 Å². The molecule has 288 valence electrons. The molecule has 2 aliphatic carbocycles. The van der Waals surface area contributed by atoms with Crippen LogP contribution >= 0.6 is 0 Å². The Balaban J connectivity index is 0.918. The summed E-state index contributed by atoms with van der Waals surface area (Å²) in [6, 6.07) is 75.8. The highest BCUT2D eigenvalue weighted by atomic mass is 16.3. The molecule has 11 aromatic rings. The number of aromatic nitrogens is 3. The first-order valence-corrected chi connectivity index (χ1v) is 21.1. The van der Waals surface area contributed by atoms with Gasteiger partial charge in [-0.15, -0.1) is 0 Å². The molecule has 0 saturated heterocycles. The molecular weight excluding hydrogens is 755 g/mol. The summed E-state index contributed by atoms with van der Waals surface area (Å²) in [6.45, 7) is 0. The van der Waals surface area contributed by atoms with Crippen molar-refractivity contribution in [2.75, 3.05) is 0 Å². The third-order valence-corrected chi connectivity index (χ3v) is 13.0. The quantitative estimate of drug-likeness (QED) is 0.174. The Kier molecular flexibility index (Phi) is 7.49. The molecule has 1 spiro atoms. The van der Waals surface area contributed by atoms with E-state index >= 15 is 0 Å². The van der Waals surface area contributed by atoms with Crippen LogP contribution in [0.3, 0.4) is 0 Å². The van der Waals surface area contributed by atoms with Crippen LogP contribution in [0.1, 0.15) is 22.3 Å². The zero-order chi connectivity index (χ0) is 40.8. The maximum Gasteiger partial charge on any atom is 0.164 e. The minimum Gasteiger partial charge on any atom is -0.456 e. The summed E-state index contributed by atoms with van der Waals surface area (Å²) >= 11 is 0. The van der Waals surface area contributed by atoms with E-state index in [9.17, 15) is 0 Å². The van der Waals surface area contributed by atoms with Crippen molar-refractivity contribution >= 4 is 21.9 Å². The number of para-hydroxylation sites is 1. The van der Waals surface area contributed by atoms with E-state index in [1.54, 1.807) is 0 Å². The lowest BCUT2D eigenvalue weighted by atomic mass is 9.70. The summed E-state index contributed by atoms with van der Waals surface area (Å²) in [7, 11) is 0. The zero-order valence-corrected chi connectivity index (χ0v) is 33.5. The van der Waals surface area contributed by atoms with Gasteiger partial charge in [0.25, 0.3) is 0 Å². The molecule has 0 amide bonds. The number of hydrogen-bond acceptors (Lipinski definition) is 4. The highest BCUT2D eigenvalue weighted by molar-refractivity contribution is 6.06. The van der Waals surface area contributed by atoms with Gasteiger partial charge in [0.15, 0.2) is 17.5 Å². The highest BCUT2D eigenvalue weighted by Crippen LogP contribution is 2.63. The third-order valence-electron chi connectivity index (χ3n) is 13.0. The monoisotopic (exact) mass is 789 g/mol. The lowest BCUT2D eigenvalue weighted by Crippen LogP contribution is -2.25. The van der Waals surface area contributed by atoms with E-state index in [-0.39, 0.29) is 5.41 Å². The molecule has 0 aliphatic heterocycles. The number of furan rings is 1. The molecule has 0 fully saturated rings. The predicted octanol–water partition coefficient (Wildman–Crippen LogP) is 14.4. The Morgan fingerprint density at radius 1 is 0.274 bits per heavy atom. The van der Waals surface area contributed by atoms with Crippen molar-refractivity contribution in [1.82, 2.24) is 15.0 Å². The molecular formula is C58H35N3O. The van der Waals surface area contributed by atoms with Gasteiger partial charge in [0, 0.05) is 27.5 Å². The predicted molar refractivity (Wildman–Crippen MR) is 251 cm³/mol. The summed E-state index contributed by atoms with van der Waals surface area (Å²) in [5.41, 5.74) is 19.2. The fourth-order valence-electron chi connectivity index (χ4n) is 10.3. The largest absolute Gasteiger partial charge is 0.456 e.